The van der Waals surface area contributed by atoms with Crippen LogP contribution in [-0.2, 0) is 6.61 Å². The maximum absolute atomic E-state index is 12.7. The fourth-order valence-electron chi connectivity index (χ4n) is 2.70. The summed E-state index contributed by atoms with van der Waals surface area (Å²) in [5.41, 5.74) is 0.929. The lowest BCUT2D eigenvalue weighted by Gasteiger charge is -2.10. The molecule has 146 valence electrons. The van der Waals surface area contributed by atoms with Crippen LogP contribution in [0.1, 0.15) is 5.56 Å². The molecule has 0 radical (unpaired) electrons. The quantitative estimate of drug-likeness (QED) is 0.295. The zero-order chi connectivity index (χ0) is 20.4. The van der Waals surface area contributed by atoms with Gasteiger partial charge in [0.1, 0.15) is 30.0 Å². The van der Waals surface area contributed by atoms with Crippen LogP contribution in [0.2, 0.25) is 10.0 Å². The second-order valence-corrected chi connectivity index (χ2v) is 7.84. The number of fused-ring (bicyclic) bond motifs is 1. The average Bonchev–Trinajstić information content (AvgIpc) is 2.71. The molecule has 0 saturated carbocycles. The van der Waals surface area contributed by atoms with E-state index in [9.17, 15) is 4.79 Å². The van der Waals surface area contributed by atoms with E-state index in [4.69, 9.17) is 37.1 Å². The van der Waals surface area contributed by atoms with Crippen molar-refractivity contribution in [3.05, 3.63) is 97.2 Å². The summed E-state index contributed by atoms with van der Waals surface area (Å²) in [7, 11) is 0. The Labute approximate surface area is 184 Å². The zero-order valence-corrected chi connectivity index (χ0v) is 17.9. The van der Waals surface area contributed by atoms with Gasteiger partial charge in [-0.25, -0.2) is 0 Å². The maximum atomic E-state index is 12.7. The maximum Gasteiger partial charge on any atom is 0.235 e. The minimum atomic E-state index is -0.269. The van der Waals surface area contributed by atoms with Crippen LogP contribution in [-0.4, -0.2) is 0 Å². The molecule has 0 amide bonds. The van der Waals surface area contributed by atoms with Crippen molar-refractivity contribution in [3.8, 4) is 17.2 Å². The van der Waals surface area contributed by atoms with E-state index in [1.165, 1.54) is 6.26 Å². The van der Waals surface area contributed by atoms with Crippen LogP contribution in [0.15, 0.2) is 80.6 Å². The topological polar surface area (TPSA) is 48.7 Å². The van der Waals surface area contributed by atoms with Gasteiger partial charge < -0.3 is 13.9 Å². The van der Waals surface area contributed by atoms with E-state index in [0.717, 1.165) is 10.0 Å². The van der Waals surface area contributed by atoms with Gasteiger partial charge in [0.05, 0.1) is 9.86 Å². The highest BCUT2D eigenvalue weighted by molar-refractivity contribution is 9.10. The van der Waals surface area contributed by atoms with E-state index in [2.05, 4.69) is 15.9 Å². The van der Waals surface area contributed by atoms with E-state index in [-0.39, 0.29) is 17.8 Å². The second kappa shape index (κ2) is 8.49. The van der Waals surface area contributed by atoms with Gasteiger partial charge in [-0.05, 0) is 52.3 Å². The monoisotopic (exact) mass is 490 g/mol. The van der Waals surface area contributed by atoms with Gasteiger partial charge in [-0.1, -0.05) is 41.4 Å². The molecule has 1 aromatic heterocycles. The molecular formula is C22H13BrCl2O4. The van der Waals surface area contributed by atoms with Crippen LogP contribution in [0.4, 0.5) is 0 Å². The van der Waals surface area contributed by atoms with Gasteiger partial charge in [0, 0.05) is 21.7 Å². The molecule has 0 saturated heterocycles. The number of halogens is 3. The van der Waals surface area contributed by atoms with Crippen LogP contribution >= 0.6 is 39.1 Å². The first kappa shape index (κ1) is 19.8. The Hall–Kier alpha value is -2.47. The van der Waals surface area contributed by atoms with Crippen molar-refractivity contribution >= 4 is 50.1 Å². The number of benzene rings is 3. The third-order valence-electron chi connectivity index (χ3n) is 4.18. The van der Waals surface area contributed by atoms with Crippen LogP contribution in [0.25, 0.3) is 11.0 Å². The van der Waals surface area contributed by atoms with Gasteiger partial charge in [0.25, 0.3) is 0 Å². The summed E-state index contributed by atoms with van der Waals surface area (Å²) in [6, 6.07) is 17.5. The van der Waals surface area contributed by atoms with Crippen LogP contribution in [0.3, 0.4) is 0 Å². The molecule has 4 aromatic rings. The summed E-state index contributed by atoms with van der Waals surface area (Å²) in [6.07, 6.45) is 1.30. The lowest BCUT2D eigenvalue weighted by molar-refractivity contribution is 0.306. The molecule has 0 N–H and O–H groups in total. The highest BCUT2D eigenvalue weighted by Gasteiger charge is 2.12. The Morgan fingerprint density at radius 1 is 0.966 bits per heavy atom. The minimum absolute atomic E-state index is 0.103. The van der Waals surface area contributed by atoms with E-state index < -0.39 is 0 Å². The van der Waals surface area contributed by atoms with Crippen molar-refractivity contribution < 1.29 is 13.9 Å². The summed E-state index contributed by atoms with van der Waals surface area (Å²) >= 11 is 15.5. The van der Waals surface area contributed by atoms with Gasteiger partial charge in [0.2, 0.25) is 11.2 Å². The number of para-hydroxylation sites is 1. The third-order valence-corrected chi connectivity index (χ3v) is 5.42. The van der Waals surface area contributed by atoms with Crippen LogP contribution < -0.4 is 14.9 Å². The molecule has 4 nitrogen and oxygen atoms in total. The van der Waals surface area contributed by atoms with Crippen LogP contribution in [0.5, 0.6) is 17.2 Å². The molecule has 0 bridgehead atoms. The molecule has 0 spiro atoms. The molecular weight excluding hydrogens is 479 g/mol. The Morgan fingerprint density at radius 2 is 1.79 bits per heavy atom. The van der Waals surface area contributed by atoms with E-state index >= 15 is 0 Å². The number of hydrogen-bond acceptors (Lipinski definition) is 4. The van der Waals surface area contributed by atoms with Gasteiger partial charge in [-0.3, -0.25) is 4.79 Å². The summed E-state index contributed by atoms with van der Waals surface area (Å²) < 4.78 is 17.8. The molecule has 3 aromatic carbocycles. The first-order chi connectivity index (χ1) is 14.0. The molecule has 0 aliphatic carbocycles. The SMILES string of the molecule is O=c1c(Oc2ccccc2Br)coc2cc(OCc3ccc(Cl)cc3Cl)ccc12. The minimum Gasteiger partial charge on any atom is -0.489 e. The third kappa shape index (κ3) is 4.42. The van der Waals surface area contributed by atoms with Gasteiger partial charge in [-0.15, -0.1) is 0 Å². The molecule has 0 aliphatic rings. The van der Waals surface area contributed by atoms with Crippen molar-refractivity contribution in [2.75, 3.05) is 0 Å². The molecule has 0 unspecified atom stereocenters. The summed E-state index contributed by atoms with van der Waals surface area (Å²) in [5.74, 6) is 1.18. The fraction of sp³-hybridized carbons (Fsp3) is 0.0455. The predicted octanol–water partition coefficient (Wildman–Crippen LogP) is 7.23. The summed E-state index contributed by atoms with van der Waals surface area (Å²) in [4.78, 5) is 12.7. The smallest absolute Gasteiger partial charge is 0.235 e. The van der Waals surface area contributed by atoms with Crippen molar-refractivity contribution in [2.45, 2.75) is 6.61 Å². The largest absolute Gasteiger partial charge is 0.489 e. The Morgan fingerprint density at radius 3 is 2.59 bits per heavy atom. The second-order valence-electron chi connectivity index (χ2n) is 6.14. The fourth-order valence-corrected chi connectivity index (χ4v) is 3.53. The molecule has 1 heterocycles. The predicted molar refractivity (Wildman–Crippen MR) is 117 cm³/mol. The van der Waals surface area contributed by atoms with E-state index in [0.29, 0.717) is 32.5 Å². The van der Waals surface area contributed by atoms with Gasteiger partial charge >= 0.3 is 0 Å². The number of rotatable bonds is 5. The summed E-state index contributed by atoms with van der Waals surface area (Å²) in [6.45, 7) is 0.259. The Bertz CT molecular complexity index is 1250. The lowest BCUT2D eigenvalue weighted by Crippen LogP contribution is -2.05. The average molecular weight is 492 g/mol. The number of ether oxygens (including phenoxy) is 2. The number of hydrogen-bond donors (Lipinski definition) is 0. The highest BCUT2D eigenvalue weighted by Crippen LogP contribution is 2.29. The molecule has 4 rings (SSSR count). The first-order valence-electron chi connectivity index (χ1n) is 8.56. The van der Waals surface area contributed by atoms with Crippen LogP contribution in [0, 0.1) is 0 Å². The van der Waals surface area contributed by atoms with Gasteiger partial charge in [-0.2, -0.15) is 0 Å². The standard InChI is InChI=1S/C22H13BrCl2O4/c23-17-3-1-2-4-19(17)29-21-12-28-20-10-15(7-8-16(20)22(21)26)27-11-13-5-6-14(24)9-18(13)25/h1-10,12H,11H2. The van der Waals surface area contributed by atoms with Crippen molar-refractivity contribution in [1.29, 1.82) is 0 Å². The van der Waals surface area contributed by atoms with E-state index in [1.54, 1.807) is 42.5 Å². The molecule has 0 aliphatic heterocycles. The zero-order valence-electron chi connectivity index (χ0n) is 14.8. The molecule has 0 atom stereocenters. The first-order valence-corrected chi connectivity index (χ1v) is 10.1. The summed E-state index contributed by atoms with van der Waals surface area (Å²) in [5, 5.41) is 1.48. The van der Waals surface area contributed by atoms with Crippen molar-refractivity contribution in [2.24, 2.45) is 0 Å². The van der Waals surface area contributed by atoms with Crippen molar-refractivity contribution in [3.63, 3.8) is 0 Å². The Balaban J connectivity index is 1.57. The van der Waals surface area contributed by atoms with Gasteiger partial charge in [0.15, 0.2) is 0 Å². The lowest BCUT2D eigenvalue weighted by atomic mass is 10.2. The normalized spacial score (nSPS) is 10.9. The molecule has 0 fully saturated rings. The molecule has 29 heavy (non-hydrogen) atoms. The Kier molecular flexibility index (Phi) is 5.81. The molecule has 7 heteroatoms. The highest BCUT2D eigenvalue weighted by atomic mass is 79.9. The van der Waals surface area contributed by atoms with E-state index in [1.807, 2.05) is 18.2 Å². The van der Waals surface area contributed by atoms with Crippen molar-refractivity contribution in [1.82, 2.24) is 0 Å².